The van der Waals surface area contributed by atoms with Gasteiger partial charge in [0.2, 0.25) is 12.3 Å². The van der Waals surface area contributed by atoms with E-state index in [2.05, 4.69) is 20.8 Å². The summed E-state index contributed by atoms with van der Waals surface area (Å²) in [5.74, 6) is 0.399. The maximum Gasteiger partial charge on any atom is 0.319 e. The van der Waals surface area contributed by atoms with Crippen molar-refractivity contribution in [3.8, 4) is 11.5 Å². The molecule has 0 radical (unpaired) electrons. The van der Waals surface area contributed by atoms with Crippen LogP contribution in [0.3, 0.4) is 0 Å². The molecule has 0 spiro atoms. The number of nitrogens with one attached hydrogen (secondary N) is 2. The Kier molecular flexibility index (Phi) is 5.33. The van der Waals surface area contributed by atoms with Crippen molar-refractivity contribution in [2.24, 2.45) is 0 Å². The number of carbonyl (C=O) groups excluding carboxylic acids is 1. The zero-order valence-electron chi connectivity index (χ0n) is 14.4. The summed E-state index contributed by atoms with van der Waals surface area (Å²) < 4.78 is 5.19. The lowest BCUT2D eigenvalue weighted by Crippen LogP contribution is -2.44. The van der Waals surface area contributed by atoms with Gasteiger partial charge in [-0.3, -0.25) is 0 Å². The van der Waals surface area contributed by atoms with Gasteiger partial charge in [0.1, 0.15) is 0 Å². The summed E-state index contributed by atoms with van der Waals surface area (Å²) in [6.45, 7) is 2.17. The molecule has 3 N–H and O–H groups in total. The minimum absolute atomic E-state index is 0.265. The summed E-state index contributed by atoms with van der Waals surface area (Å²) in [7, 11) is 0. The molecule has 2 aromatic rings. The smallest absolute Gasteiger partial charge is 0.319 e. The number of aryl methyl sites for hydroxylation is 1. The Hall–Kier alpha value is -2.41. The summed E-state index contributed by atoms with van der Waals surface area (Å²) in [6.07, 6.45) is 7.04. The van der Waals surface area contributed by atoms with Crippen LogP contribution in [0.25, 0.3) is 11.5 Å². The maximum atomic E-state index is 12.2. The van der Waals surface area contributed by atoms with Gasteiger partial charge in [0.25, 0.3) is 0 Å². The molecule has 2 amide bonds. The number of rotatable bonds is 4. The molecule has 7 nitrogen and oxygen atoms in total. The Morgan fingerprint density at radius 3 is 2.72 bits per heavy atom. The van der Waals surface area contributed by atoms with Gasteiger partial charge in [-0.15, -0.1) is 10.2 Å². The van der Waals surface area contributed by atoms with Crippen LogP contribution in [-0.4, -0.2) is 33.5 Å². The number of anilines is 1. The number of carbonyl (C=O) groups is 1. The van der Waals surface area contributed by atoms with E-state index in [1.165, 1.54) is 6.39 Å². The number of urea groups is 1. The highest BCUT2D eigenvalue weighted by Gasteiger charge is 2.28. The van der Waals surface area contributed by atoms with Gasteiger partial charge in [-0.2, -0.15) is 0 Å². The molecule has 3 rings (SSSR count). The first-order valence-corrected chi connectivity index (χ1v) is 8.70. The number of aromatic nitrogens is 2. The van der Waals surface area contributed by atoms with Crippen LogP contribution in [0.1, 0.15) is 44.1 Å². The van der Waals surface area contributed by atoms with Crippen LogP contribution >= 0.6 is 0 Å². The van der Waals surface area contributed by atoms with Crippen LogP contribution in [0.4, 0.5) is 10.5 Å². The average Bonchev–Trinajstić information content (AvgIpc) is 3.04. The second-order valence-corrected chi connectivity index (χ2v) is 6.72. The van der Waals surface area contributed by atoms with Gasteiger partial charge in [-0.1, -0.05) is 31.7 Å². The minimum atomic E-state index is -0.797. The zero-order chi connectivity index (χ0) is 17.7. The largest absolute Gasteiger partial charge is 0.423 e. The highest BCUT2D eigenvalue weighted by atomic mass is 16.4. The van der Waals surface area contributed by atoms with Gasteiger partial charge >= 0.3 is 6.03 Å². The number of nitrogens with zero attached hydrogens (tertiary/aromatic N) is 2. The molecule has 1 heterocycles. The second kappa shape index (κ2) is 7.65. The molecule has 0 atom stereocenters. The molecule has 1 aromatic carbocycles. The van der Waals surface area contributed by atoms with Crippen molar-refractivity contribution in [1.29, 1.82) is 0 Å². The van der Waals surface area contributed by atoms with Gasteiger partial charge in [-0.05, 0) is 37.5 Å². The van der Waals surface area contributed by atoms with Crippen molar-refractivity contribution in [1.82, 2.24) is 15.5 Å². The molecule has 1 saturated carbocycles. The van der Waals surface area contributed by atoms with Gasteiger partial charge in [0.15, 0.2) is 0 Å². The van der Waals surface area contributed by atoms with Crippen LogP contribution in [0.2, 0.25) is 0 Å². The van der Waals surface area contributed by atoms with E-state index >= 15 is 0 Å². The number of hydrogen-bond acceptors (Lipinski definition) is 5. The normalized spacial score (nSPS) is 16.9. The van der Waals surface area contributed by atoms with Gasteiger partial charge in [0, 0.05) is 17.8 Å². The lowest BCUT2D eigenvalue weighted by atomic mass is 9.94. The van der Waals surface area contributed by atoms with E-state index in [-0.39, 0.29) is 12.6 Å². The van der Waals surface area contributed by atoms with Crippen molar-refractivity contribution in [2.75, 3.05) is 11.9 Å². The summed E-state index contributed by atoms with van der Waals surface area (Å²) >= 11 is 0. The van der Waals surface area contributed by atoms with Crippen LogP contribution in [0, 0.1) is 6.92 Å². The van der Waals surface area contributed by atoms with Crippen LogP contribution in [0.5, 0.6) is 0 Å². The molecule has 0 saturated heterocycles. The molecule has 7 heteroatoms. The quantitative estimate of drug-likeness (QED) is 0.739. The Morgan fingerprint density at radius 2 is 2.04 bits per heavy atom. The molecule has 1 aliphatic rings. The van der Waals surface area contributed by atoms with E-state index < -0.39 is 5.60 Å². The van der Waals surface area contributed by atoms with Crippen molar-refractivity contribution in [2.45, 2.75) is 51.0 Å². The van der Waals surface area contributed by atoms with Crippen LogP contribution in [0.15, 0.2) is 29.0 Å². The molecule has 0 bridgehead atoms. The third-order valence-corrected chi connectivity index (χ3v) is 4.71. The van der Waals surface area contributed by atoms with E-state index in [1.807, 2.05) is 19.1 Å². The fourth-order valence-electron chi connectivity index (χ4n) is 3.16. The average molecular weight is 344 g/mol. The summed E-state index contributed by atoms with van der Waals surface area (Å²) in [6, 6.07) is 5.21. The Labute approximate surface area is 146 Å². The SMILES string of the molecule is Cc1ccc(-c2nnco2)cc1NC(=O)NCC1(O)CCCCCC1. The first-order chi connectivity index (χ1) is 12.1. The fourth-order valence-corrected chi connectivity index (χ4v) is 3.16. The third-order valence-electron chi connectivity index (χ3n) is 4.71. The number of aliphatic hydroxyl groups is 1. The number of benzene rings is 1. The zero-order valence-corrected chi connectivity index (χ0v) is 14.4. The van der Waals surface area contributed by atoms with Crippen molar-refractivity contribution >= 4 is 11.7 Å². The molecule has 1 aromatic heterocycles. The van der Waals surface area contributed by atoms with E-state index in [0.717, 1.165) is 49.7 Å². The Bertz CT molecular complexity index is 707. The summed E-state index contributed by atoms with van der Waals surface area (Å²) in [5.41, 5.74) is 1.53. The monoisotopic (exact) mass is 344 g/mol. The van der Waals surface area contributed by atoms with Gasteiger partial charge < -0.3 is 20.2 Å². The molecular weight excluding hydrogens is 320 g/mol. The summed E-state index contributed by atoms with van der Waals surface area (Å²) in [5, 5.41) is 23.8. The molecule has 134 valence electrons. The predicted molar refractivity (Wildman–Crippen MR) is 94.1 cm³/mol. The second-order valence-electron chi connectivity index (χ2n) is 6.72. The first kappa shape index (κ1) is 17.4. The fraction of sp³-hybridized carbons (Fsp3) is 0.500. The molecular formula is C18H24N4O3. The highest BCUT2D eigenvalue weighted by Crippen LogP contribution is 2.27. The van der Waals surface area contributed by atoms with Crippen LogP contribution < -0.4 is 10.6 Å². The molecule has 1 aliphatic carbocycles. The van der Waals surface area contributed by atoms with Crippen molar-refractivity contribution in [3.05, 3.63) is 30.2 Å². The lowest BCUT2D eigenvalue weighted by molar-refractivity contribution is 0.0281. The Morgan fingerprint density at radius 1 is 1.28 bits per heavy atom. The highest BCUT2D eigenvalue weighted by molar-refractivity contribution is 5.90. The molecule has 0 aliphatic heterocycles. The van der Waals surface area contributed by atoms with Crippen molar-refractivity contribution < 1.29 is 14.3 Å². The first-order valence-electron chi connectivity index (χ1n) is 8.70. The lowest BCUT2D eigenvalue weighted by Gasteiger charge is -2.26. The minimum Gasteiger partial charge on any atom is -0.423 e. The number of hydrogen-bond donors (Lipinski definition) is 3. The van der Waals surface area contributed by atoms with Gasteiger partial charge in [-0.25, -0.2) is 4.79 Å². The Balaban J connectivity index is 1.61. The number of amides is 2. The van der Waals surface area contributed by atoms with E-state index in [1.54, 1.807) is 6.07 Å². The molecule has 25 heavy (non-hydrogen) atoms. The van der Waals surface area contributed by atoms with Crippen LogP contribution in [-0.2, 0) is 0 Å². The van der Waals surface area contributed by atoms with E-state index in [9.17, 15) is 9.90 Å². The van der Waals surface area contributed by atoms with E-state index in [0.29, 0.717) is 11.6 Å². The van der Waals surface area contributed by atoms with Crippen molar-refractivity contribution in [3.63, 3.8) is 0 Å². The summed E-state index contributed by atoms with van der Waals surface area (Å²) in [4.78, 5) is 12.2. The predicted octanol–water partition coefficient (Wildman–Crippen LogP) is 3.25. The maximum absolute atomic E-state index is 12.2. The molecule has 0 unspecified atom stereocenters. The van der Waals surface area contributed by atoms with Gasteiger partial charge in [0.05, 0.1) is 5.60 Å². The molecule has 1 fully saturated rings. The standard InChI is InChI=1S/C18H24N4O3/c1-13-6-7-14(16-22-20-12-25-16)10-15(13)21-17(23)19-11-18(24)8-4-2-3-5-9-18/h6-7,10,12,24H,2-5,8-9,11H2,1H3,(H2,19,21,23). The topological polar surface area (TPSA) is 100 Å². The van der Waals surface area contributed by atoms with E-state index in [4.69, 9.17) is 4.42 Å². The third kappa shape index (κ3) is 4.57.